The van der Waals surface area contributed by atoms with Gasteiger partial charge in [-0.15, -0.1) is 0 Å². The first kappa shape index (κ1) is 23.0. The predicted octanol–water partition coefficient (Wildman–Crippen LogP) is 3.23. The van der Waals surface area contributed by atoms with Crippen LogP contribution in [0.4, 0.5) is 13.2 Å². The van der Waals surface area contributed by atoms with Gasteiger partial charge in [0.2, 0.25) is 5.91 Å². The van der Waals surface area contributed by atoms with Crippen molar-refractivity contribution in [3.05, 3.63) is 35.4 Å². The molecule has 0 N–H and O–H groups in total. The Morgan fingerprint density at radius 3 is 2.38 bits per heavy atom. The molecule has 6 nitrogen and oxygen atoms in total. The number of piperazine rings is 1. The van der Waals surface area contributed by atoms with E-state index in [2.05, 4.69) is 11.8 Å². The smallest absolute Gasteiger partial charge is 0.353 e. The minimum atomic E-state index is -4.55. The highest BCUT2D eigenvalue weighted by molar-refractivity contribution is 5.98. The van der Waals surface area contributed by atoms with Crippen LogP contribution in [0.25, 0.3) is 0 Å². The molecule has 0 aromatic heterocycles. The number of ether oxygens (including phenoxy) is 1. The molecule has 9 heteroatoms. The van der Waals surface area contributed by atoms with E-state index in [1.165, 1.54) is 17.0 Å². The lowest BCUT2D eigenvalue weighted by molar-refractivity contribution is -0.139. The Balaban J connectivity index is 1.66. The van der Waals surface area contributed by atoms with Gasteiger partial charge in [-0.2, -0.15) is 13.2 Å². The van der Waals surface area contributed by atoms with Gasteiger partial charge in [-0.25, -0.2) is 0 Å². The van der Waals surface area contributed by atoms with Crippen LogP contribution < -0.4 is 0 Å². The van der Waals surface area contributed by atoms with E-state index in [0.29, 0.717) is 31.8 Å². The second-order valence-corrected chi connectivity index (χ2v) is 9.34. The fraction of sp³-hybridized carbons (Fsp3) is 0.652. The van der Waals surface area contributed by atoms with Crippen molar-refractivity contribution in [1.29, 1.82) is 0 Å². The van der Waals surface area contributed by atoms with Crippen molar-refractivity contribution < 1.29 is 27.5 Å². The summed E-state index contributed by atoms with van der Waals surface area (Å²) in [4.78, 5) is 32.4. The zero-order valence-corrected chi connectivity index (χ0v) is 18.5. The quantitative estimate of drug-likeness (QED) is 0.690. The fourth-order valence-corrected chi connectivity index (χ4v) is 4.97. The molecular formula is C23H30F3N3O3. The summed E-state index contributed by atoms with van der Waals surface area (Å²) < 4.78 is 45.9. The topological polar surface area (TPSA) is 53.1 Å². The molecule has 32 heavy (non-hydrogen) atoms. The number of halogens is 3. The second-order valence-electron chi connectivity index (χ2n) is 9.34. The Bertz CT molecular complexity index is 860. The summed E-state index contributed by atoms with van der Waals surface area (Å²) in [7, 11) is 1.99. The van der Waals surface area contributed by atoms with E-state index in [9.17, 15) is 22.8 Å². The Morgan fingerprint density at radius 2 is 1.75 bits per heavy atom. The third-order valence-corrected chi connectivity index (χ3v) is 7.07. The third-order valence-electron chi connectivity index (χ3n) is 7.07. The van der Waals surface area contributed by atoms with E-state index in [0.717, 1.165) is 38.1 Å². The molecule has 3 fully saturated rings. The Kier molecular flexibility index (Phi) is 6.24. The summed E-state index contributed by atoms with van der Waals surface area (Å²) in [6, 6.07) is 3.61. The van der Waals surface area contributed by atoms with Gasteiger partial charge >= 0.3 is 6.18 Å². The predicted molar refractivity (Wildman–Crippen MR) is 112 cm³/mol. The van der Waals surface area contributed by atoms with Gasteiger partial charge in [0, 0.05) is 31.7 Å². The van der Waals surface area contributed by atoms with Gasteiger partial charge in [0.1, 0.15) is 11.8 Å². The molecule has 2 aliphatic heterocycles. The van der Waals surface area contributed by atoms with Gasteiger partial charge in [-0.1, -0.05) is 13.0 Å². The summed E-state index contributed by atoms with van der Waals surface area (Å²) in [5, 5.41) is 0. The Labute approximate surface area is 186 Å². The van der Waals surface area contributed by atoms with Crippen molar-refractivity contribution in [2.75, 3.05) is 39.8 Å². The zero-order valence-electron chi connectivity index (χ0n) is 18.5. The minimum absolute atomic E-state index is 0.0699. The molecular weight excluding hydrogens is 423 g/mol. The SMILES string of the molecule is CC1CCC2(CC1)OC[C@@H](C(=O)N1CCN(C)CC1)N2C(=O)c1cccc(C(F)(F)F)c1. The van der Waals surface area contributed by atoms with Crippen LogP contribution in [0.1, 0.15) is 48.5 Å². The maximum absolute atomic E-state index is 13.6. The molecule has 1 spiro atoms. The average molecular weight is 454 g/mol. The number of carbonyl (C=O) groups excluding carboxylic acids is 2. The van der Waals surface area contributed by atoms with Gasteiger partial charge in [0.15, 0.2) is 0 Å². The number of carbonyl (C=O) groups is 2. The molecule has 0 unspecified atom stereocenters. The second kappa shape index (κ2) is 8.67. The van der Waals surface area contributed by atoms with Crippen LogP contribution in [0, 0.1) is 5.92 Å². The van der Waals surface area contributed by atoms with Crippen LogP contribution in [0.15, 0.2) is 24.3 Å². The van der Waals surface area contributed by atoms with Crippen LogP contribution in [-0.4, -0.2) is 78.1 Å². The Hall–Kier alpha value is -2.13. The van der Waals surface area contributed by atoms with Gasteiger partial charge in [0.25, 0.3) is 5.91 Å². The van der Waals surface area contributed by atoms with E-state index < -0.39 is 29.4 Å². The number of alkyl halides is 3. The van der Waals surface area contributed by atoms with E-state index in [4.69, 9.17) is 4.74 Å². The number of hydrogen-bond acceptors (Lipinski definition) is 4. The zero-order chi connectivity index (χ0) is 23.1. The highest BCUT2D eigenvalue weighted by Crippen LogP contribution is 2.43. The van der Waals surface area contributed by atoms with Crippen molar-refractivity contribution in [3.63, 3.8) is 0 Å². The van der Waals surface area contributed by atoms with Gasteiger partial charge in [-0.05, 0) is 56.8 Å². The summed E-state index contributed by atoms with van der Waals surface area (Å²) in [6.07, 6.45) is -1.73. The van der Waals surface area contributed by atoms with Crippen molar-refractivity contribution in [3.8, 4) is 0 Å². The number of benzene rings is 1. The molecule has 2 saturated heterocycles. The highest BCUT2D eigenvalue weighted by atomic mass is 19.4. The number of amides is 2. The van der Waals surface area contributed by atoms with Gasteiger partial charge in [-0.3, -0.25) is 14.5 Å². The first-order valence-electron chi connectivity index (χ1n) is 11.2. The van der Waals surface area contributed by atoms with Crippen molar-refractivity contribution in [1.82, 2.24) is 14.7 Å². The largest absolute Gasteiger partial charge is 0.416 e. The number of hydrogen-bond donors (Lipinski definition) is 0. The maximum Gasteiger partial charge on any atom is 0.416 e. The molecule has 2 amide bonds. The van der Waals surface area contributed by atoms with Crippen molar-refractivity contribution >= 4 is 11.8 Å². The van der Waals surface area contributed by atoms with Crippen LogP contribution in [-0.2, 0) is 15.7 Å². The third kappa shape index (κ3) is 4.37. The number of nitrogens with zero attached hydrogens (tertiary/aromatic N) is 3. The average Bonchev–Trinajstić information content (AvgIpc) is 3.14. The van der Waals surface area contributed by atoms with Crippen LogP contribution in [0.3, 0.4) is 0 Å². The standard InChI is InChI=1S/C23H30F3N3O3/c1-16-6-8-22(9-7-16)29(20(30)17-4-3-5-18(14-17)23(24,25)26)19(15-32-22)21(31)28-12-10-27(2)11-13-28/h3-5,14,16,19H,6-13,15H2,1-2H3/t16?,19-,22?/m0/s1. The van der Waals surface area contributed by atoms with Crippen LogP contribution in [0.5, 0.6) is 0 Å². The molecule has 1 atom stereocenters. The molecule has 1 aliphatic carbocycles. The molecule has 176 valence electrons. The van der Waals surface area contributed by atoms with Crippen LogP contribution >= 0.6 is 0 Å². The van der Waals surface area contributed by atoms with Crippen molar-refractivity contribution in [2.24, 2.45) is 5.92 Å². The monoisotopic (exact) mass is 453 g/mol. The van der Waals surface area contributed by atoms with E-state index in [1.807, 2.05) is 7.05 Å². The summed E-state index contributed by atoms with van der Waals surface area (Å²) >= 11 is 0. The molecule has 0 bridgehead atoms. The fourth-order valence-electron chi connectivity index (χ4n) is 4.97. The molecule has 1 aromatic carbocycles. The molecule has 4 rings (SSSR count). The highest BCUT2D eigenvalue weighted by Gasteiger charge is 2.54. The molecule has 1 saturated carbocycles. The lowest BCUT2D eigenvalue weighted by Gasteiger charge is -2.44. The maximum atomic E-state index is 13.6. The van der Waals surface area contributed by atoms with E-state index in [1.54, 1.807) is 4.90 Å². The first-order chi connectivity index (χ1) is 15.1. The summed E-state index contributed by atoms with van der Waals surface area (Å²) in [6.45, 7) is 4.80. The normalized spacial score (nSPS) is 29.5. The lowest BCUT2D eigenvalue weighted by Crippen LogP contribution is -2.59. The van der Waals surface area contributed by atoms with Gasteiger partial charge in [0.05, 0.1) is 12.2 Å². The molecule has 0 radical (unpaired) electrons. The van der Waals surface area contributed by atoms with Crippen LogP contribution in [0.2, 0.25) is 0 Å². The lowest BCUT2D eigenvalue weighted by atomic mass is 9.83. The molecule has 3 aliphatic rings. The number of rotatable bonds is 2. The minimum Gasteiger partial charge on any atom is -0.353 e. The van der Waals surface area contributed by atoms with Gasteiger partial charge < -0.3 is 14.5 Å². The molecule has 2 heterocycles. The van der Waals surface area contributed by atoms with E-state index in [-0.39, 0.29) is 18.1 Å². The Morgan fingerprint density at radius 1 is 1.09 bits per heavy atom. The first-order valence-corrected chi connectivity index (χ1v) is 11.2. The molecule has 1 aromatic rings. The number of likely N-dealkylation sites (N-methyl/N-ethyl adjacent to an activating group) is 1. The summed E-state index contributed by atoms with van der Waals surface area (Å²) in [5.74, 6) is -0.285. The summed E-state index contributed by atoms with van der Waals surface area (Å²) in [5.41, 5.74) is -1.89. The van der Waals surface area contributed by atoms with E-state index >= 15 is 0 Å². The van der Waals surface area contributed by atoms with Crippen molar-refractivity contribution in [2.45, 2.75) is 50.6 Å².